The molecule has 1 aliphatic heterocycles. The molecule has 4 nitrogen and oxygen atoms in total. The van der Waals surface area contributed by atoms with Crippen molar-refractivity contribution in [3.8, 4) is 6.07 Å². The first-order chi connectivity index (χ1) is 8.29. The van der Waals surface area contributed by atoms with Gasteiger partial charge in [-0.25, -0.2) is 4.98 Å². The number of pyridine rings is 1. The fourth-order valence-electron chi connectivity index (χ4n) is 2.18. The zero-order valence-electron chi connectivity index (χ0n) is 10.1. The van der Waals surface area contributed by atoms with Gasteiger partial charge in [0, 0.05) is 32.0 Å². The van der Waals surface area contributed by atoms with Crippen molar-refractivity contribution in [2.24, 2.45) is 0 Å². The highest BCUT2D eigenvalue weighted by molar-refractivity contribution is 5.25. The Morgan fingerprint density at radius 2 is 2.29 bits per heavy atom. The number of nitrogens with zero attached hydrogens (tertiary/aromatic N) is 3. The summed E-state index contributed by atoms with van der Waals surface area (Å²) in [5, 5.41) is 8.80. The Balaban J connectivity index is 1.97. The van der Waals surface area contributed by atoms with Crippen LogP contribution in [-0.2, 0) is 11.3 Å². The number of ether oxygens (including phenoxy) is 1. The van der Waals surface area contributed by atoms with E-state index in [9.17, 15) is 0 Å². The fourth-order valence-corrected chi connectivity index (χ4v) is 2.18. The first-order valence-electron chi connectivity index (χ1n) is 5.92. The first-order valence-corrected chi connectivity index (χ1v) is 5.92. The molecule has 90 valence electrons. The standard InChI is InChI=1S/C13H17N3O/c1-16(13-3-6-17-7-4-13)10-11-2-5-15-12(8-11)9-14/h2,5,8,13H,3-4,6-7,10H2,1H3. The molecular weight excluding hydrogens is 214 g/mol. The van der Waals surface area contributed by atoms with Crippen molar-refractivity contribution in [3.05, 3.63) is 29.6 Å². The van der Waals surface area contributed by atoms with E-state index >= 15 is 0 Å². The number of hydrogen-bond donors (Lipinski definition) is 0. The maximum absolute atomic E-state index is 8.80. The van der Waals surface area contributed by atoms with Crippen LogP contribution in [0.1, 0.15) is 24.1 Å². The molecule has 0 radical (unpaired) electrons. The summed E-state index contributed by atoms with van der Waals surface area (Å²) in [6, 6.07) is 6.48. The number of nitriles is 1. The summed E-state index contributed by atoms with van der Waals surface area (Å²) < 4.78 is 5.36. The zero-order chi connectivity index (χ0) is 12.1. The second kappa shape index (κ2) is 5.76. The third kappa shape index (κ3) is 3.26. The van der Waals surface area contributed by atoms with Gasteiger partial charge in [0.2, 0.25) is 0 Å². The summed E-state index contributed by atoms with van der Waals surface area (Å²) in [5.74, 6) is 0. The van der Waals surface area contributed by atoms with Crippen molar-refractivity contribution < 1.29 is 4.74 Å². The molecule has 0 unspecified atom stereocenters. The quantitative estimate of drug-likeness (QED) is 0.792. The molecule has 1 saturated heterocycles. The largest absolute Gasteiger partial charge is 0.381 e. The van der Waals surface area contributed by atoms with Gasteiger partial charge in [0.25, 0.3) is 0 Å². The SMILES string of the molecule is CN(Cc1ccnc(C#N)c1)C1CCOCC1. The topological polar surface area (TPSA) is 49.2 Å². The van der Waals surface area contributed by atoms with Gasteiger partial charge < -0.3 is 4.74 Å². The highest BCUT2D eigenvalue weighted by Crippen LogP contribution is 2.15. The van der Waals surface area contributed by atoms with E-state index in [1.54, 1.807) is 6.20 Å². The van der Waals surface area contributed by atoms with Crippen molar-refractivity contribution >= 4 is 0 Å². The van der Waals surface area contributed by atoms with Crippen LogP contribution < -0.4 is 0 Å². The maximum Gasteiger partial charge on any atom is 0.140 e. The van der Waals surface area contributed by atoms with E-state index in [4.69, 9.17) is 10.00 Å². The van der Waals surface area contributed by atoms with Crippen LogP contribution in [0.25, 0.3) is 0 Å². The summed E-state index contributed by atoms with van der Waals surface area (Å²) in [6.07, 6.45) is 3.88. The minimum atomic E-state index is 0.489. The van der Waals surface area contributed by atoms with E-state index in [0.717, 1.165) is 38.2 Å². The third-order valence-corrected chi connectivity index (χ3v) is 3.19. The van der Waals surface area contributed by atoms with E-state index in [-0.39, 0.29) is 0 Å². The Kier molecular flexibility index (Phi) is 4.08. The van der Waals surface area contributed by atoms with Crippen LogP contribution in [0.5, 0.6) is 0 Å². The van der Waals surface area contributed by atoms with Gasteiger partial charge in [-0.05, 0) is 37.6 Å². The van der Waals surface area contributed by atoms with E-state index in [1.165, 1.54) is 0 Å². The molecular formula is C13H17N3O. The van der Waals surface area contributed by atoms with E-state index in [2.05, 4.69) is 23.0 Å². The molecule has 2 heterocycles. The van der Waals surface area contributed by atoms with Gasteiger partial charge >= 0.3 is 0 Å². The van der Waals surface area contributed by atoms with Crippen LogP contribution in [0.4, 0.5) is 0 Å². The molecule has 4 heteroatoms. The predicted octanol–water partition coefficient (Wildman–Crippen LogP) is 1.56. The zero-order valence-corrected chi connectivity index (χ0v) is 10.1. The van der Waals surface area contributed by atoms with Crippen molar-refractivity contribution in [1.29, 1.82) is 5.26 Å². The lowest BCUT2D eigenvalue weighted by molar-refractivity contribution is 0.0407. The molecule has 1 aromatic heterocycles. The lowest BCUT2D eigenvalue weighted by Crippen LogP contribution is -2.36. The van der Waals surface area contributed by atoms with Crippen LogP contribution in [0.2, 0.25) is 0 Å². The molecule has 17 heavy (non-hydrogen) atoms. The second-order valence-corrected chi connectivity index (χ2v) is 4.42. The molecule has 0 spiro atoms. The molecule has 0 aliphatic carbocycles. The Morgan fingerprint density at radius 1 is 1.53 bits per heavy atom. The minimum Gasteiger partial charge on any atom is -0.381 e. The molecule has 1 fully saturated rings. The lowest BCUT2D eigenvalue weighted by atomic mass is 10.1. The van der Waals surface area contributed by atoms with Crippen LogP contribution in [0.15, 0.2) is 18.3 Å². The highest BCUT2D eigenvalue weighted by Gasteiger charge is 2.18. The van der Waals surface area contributed by atoms with Crippen molar-refractivity contribution in [2.45, 2.75) is 25.4 Å². The van der Waals surface area contributed by atoms with Gasteiger partial charge in [0.1, 0.15) is 11.8 Å². The molecule has 0 atom stereocenters. The smallest absolute Gasteiger partial charge is 0.140 e. The number of aromatic nitrogens is 1. The average Bonchev–Trinajstić information content (AvgIpc) is 2.40. The monoisotopic (exact) mass is 231 g/mol. The fraction of sp³-hybridized carbons (Fsp3) is 0.538. The molecule has 1 aromatic rings. The van der Waals surface area contributed by atoms with Gasteiger partial charge in [-0.2, -0.15) is 5.26 Å². The molecule has 1 aliphatic rings. The Hall–Kier alpha value is -1.44. The average molecular weight is 231 g/mol. The molecule has 0 N–H and O–H groups in total. The normalized spacial score (nSPS) is 17.0. The lowest BCUT2D eigenvalue weighted by Gasteiger charge is -2.31. The summed E-state index contributed by atoms with van der Waals surface area (Å²) in [5.41, 5.74) is 1.63. The summed E-state index contributed by atoms with van der Waals surface area (Å²) in [6.45, 7) is 2.57. The number of rotatable bonds is 3. The summed E-state index contributed by atoms with van der Waals surface area (Å²) in [4.78, 5) is 6.31. The minimum absolute atomic E-state index is 0.489. The number of hydrogen-bond acceptors (Lipinski definition) is 4. The van der Waals surface area contributed by atoms with Gasteiger partial charge in [-0.1, -0.05) is 0 Å². The van der Waals surface area contributed by atoms with Gasteiger partial charge in [0.05, 0.1) is 0 Å². The second-order valence-electron chi connectivity index (χ2n) is 4.42. The highest BCUT2D eigenvalue weighted by atomic mass is 16.5. The van der Waals surface area contributed by atoms with E-state index < -0.39 is 0 Å². The van der Waals surface area contributed by atoms with Crippen molar-refractivity contribution in [1.82, 2.24) is 9.88 Å². The summed E-state index contributed by atoms with van der Waals surface area (Å²) in [7, 11) is 2.13. The van der Waals surface area contributed by atoms with Crippen LogP contribution >= 0.6 is 0 Å². The molecule has 0 amide bonds. The van der Waals surface area contributed by atoms with Gasteiger partial charge in [0.15, 0.2) is 0 Å². The van der Waals surface area contributed by atoms with E-state index in [1.807, 2.05) is 12.1 Å². The third-order valence-electron chi connectivity index (χ3n) is 3.19. The van der Waals surface area contributed by atoms with Crippen LogP contribution in [-0.4, -0.2) is 36.2 Å². The molecule has 0 bridgehead atoms. The van der Waals surface area contributed by atoms with Crippen LogP contribution in [0, 0.1) is 11.3 Å². The predicted molar refractivity (Wildman–Crippen MR) is 64.3 cm³/mol. The van der Waals surface area contributed by atoms with Crippen LogP contribution in [0.3, 0.4) is 0 Å². The van der Waals surface area contributed by atoms with Gasteiger partial charge in [-0.15, -0.1) is 0 Å². The van der Waals surface area contributed by atoms with Gasteiger partial charge in [-0.3, -0.25) is 4.90 Å². The van der Waals surface area contributed by atoms with Crippen molar-refractivity contribution in [2.75, 3.05) is 20.3 Å². The van der Waals surface area contributed by atoms with Crippen molar-refractivity contribution in [3.63, 3.8) is 0 Å². The molecule has 0 saturated carbocycles. The maximum atomic E-state index is 8.80. The Bertz CT molecular complexity index is 407. The van der Waals surface area contributed by atoms with E-state index in [0.29, 0.717) is 11.7 Å². The summed E-state index contributed by atoms with van der Waals surface area (Å²) >= 11 is 0. The Morgan fingerprint density at radius 3 is 3.00 bits per heavy atom. The first kappa shape index (κ1) is 12.0. The molecule has 0 aromatic carbocycles. The Labute approximate surface area is 102 Å². The molecule has 2 rings (SSSR count).